The van der Waals surface area contributed by atoms with Gasteiger partial charge in [-0.1, -0.05) is 50.6 Å². The van der Waals surface area contributed by atoms with E-state index in [1.54, 1.807) is 24.3 Å². The Morgan fingerprint density at radius 3 is 1.94 bits per heavy atom. The van der Waals surface area contributed by atoms with Crippen molar-refractivity contribution in [3.8, 4) is 0 Å². The van der Waals surface area contributed by atoms with Gasteiger partial charge in [-0.2, -0.15) is 0 Å². The minimum atomic E-state index is -0.432. The summed E-state index contributed by atoms with van der Waals surface area (Å²) in [5, 5.41) is 1.14. The molecule has 0 aliphatic carbocycles. The van der Waals surface area contributed by atoms with Crippen LogP contribution in [0.1, 0.15) is 11.3 Å². The van der Waals surface area contributed by atoms with E-state index in [9.17, 15) is 4.79 Å². The minimum absolute atomic E-state index is 0.402. The Bertz CT molecular complexity index is 643. The van der Waals surface area contributed by atoms with Crippen LogP contribution in [0.15, 0.2) is 47.7 Å². The molecule has 0 N–H and O–H groups in total. The van der Waals surface area contributed by atoms with Crippen LogP contribution in [-0.4, -0.2) is 0 Å². The van der Waals surface area contributed by atoms with Crippen LogP contribution in [0.2, 0.25) is 0 Å². The topological polar surface area (TPSA) is 30.2 Å². The van der Waals surface area contributed by atoms with E-state index < -0.39 is 5.63 Å². The second kappa shape index (κ2) is 5.66. The van der Waals surface area contributed by atoms with Crippen molar-refractivity contribution in [3.63, 3.8) is 0 Å². The van der Waals surface area contributed by atoms with Gasteiger partial charge >= 0.3 is 5.63 Å². The first kappa shape index (κ1) is 12.7. The van der Waals surface area contributed by atoms with Gasteiger partial charge in [-0.3, -0.25) is 0 Å². The molecule has 0 saturated heterocycles. The number of rotatable bonds is 4. The van der Waals surface area contributed by atoms with Gasteiger partial charge < -0.3 is 4.42 Å². The molecule has 0 unspecified atom stereocenters. The van der Waals surface area contributed by atoms with Crippen LogP contribution in [0, 0.1) is 0 Å². The fourth-order valence-corrected chi connectivity index (χ4v) is 1.53. The summed E-state index contributed by atoms with van der Waals surface area (Å²) in [5.74, 6) is 0.402. The van der Waals surface area contributed by atoms with E-state index in [2.05, 4.69) is 26.3 Å². The maximum Gasteiger partial charge on any atom is 0.344 e. The fraction of sp³-hybridized carbons (Fsp3) is 0. The van der Waals surface area contributed by atoms with Gasteiger partial charge in [0.2, 0.25) is 0 Å². The van der Waals surface area contributed by atoms with Crippen LogP contribution in [0.25, 0.3) is 24.3 Å². The highest BCUT2D eigenvalue weighted by atomic mass is 16.4. The Labute approximate surface area is 99.9 Å². The van der Waals surface area contributed by atoms with Crippen molar-refractivity contribution in [2.45, 2.75) is 0 Å². The third kappa shape index (κ3) is 2.42. The van der Waals surface area contributed by atoms with Crippen LogP contribution in [0.5, 0.6) is 0 Å². The van der Waals surface area contributed by atoms with Crippen LogP contribution in [-0.2, 0) is 0 Å². The molecule has 0 aromatic carbocycles. The summed E-state index contributed by atoms with van der Waals surface area (Å²) in [7, 11) is 0. The van der Waals surface area contributed by atoms with Gasteiger partial charge in [0, 0.05) is 5.56 Å². The first-order chi connectivity index (χ1) is 8.19. The molecule has 0 saturated carbocycles. The largest absolute Gasteiger partial charge is 0.422 e. The third-order valence-corrected chi connectivity index (χ3v) is 2.23. The van der Waals surface area contributed by atoms with Crippen LogP contribution >= 0.6 is 0 Å². The molecule has 2 nitrogen and oxygen atoms in total. The summed E-state index contributed by atoms with van der Waals surface area (Å²) in [6, 6.07) is 0. The van der Waals surface area contributed by atoms with Crippen LogP contribution < -0.4 is 16.1 Å². The summed E-state index contributed by atoms with van der Waals surface area (Å²) in [5.41, 5.74) is 0.283. The van der Waals surface area contributed by atoms with E-state index in [1.165, 1.54) is 12.2 Å². The van der Waals surface area contributed by atoms with E-state index in [0.717, 1.165) is 0 Å². The molecule has 0 aliphatic heterocycles. The van der Waals surface area contributed by atoms with Gasteiger partial charge in [0.15, 0.2) is 0 Å². The van der Waals surface area contributed by atoms with E-state index in [1.807, 2.05) is 0 Å². The van der Waals surface area contributed by atoms with E-state index in [-0.39, 0.29) is 0 Å². The fourth-order valence-electron chi connectivity index (χ4n) is 1.53. The van der Waals surface area contributed by atoms with Crippen LogP contribution in [0.3, 0.4) is 0 Å². The molecule has 0 spiro atoms. The second-order valence-corrected chi connectivity index (χ2v) is 3.21. The average Bonchev–Trinajstić information content (AvgIpc) is 2.33. The lowest BCUT2D eigenvalue weighted by atomic mass is 10.1. The SMILES string of the molecule is C=C/C=c1/c(C=C)c(C=C)oc(=O)/c1=C/C=C. The lowest BCUT2D eigenvalue weighted by Crippen LogP contribution is -2.40. The highest BCUT2D eigenvalue weighted by Gasteiger charge is 2.04. The zero-order valence-electron chi connectivity index (χ0n) is 9.61. The highest BCUT2D eigenvalue weighted by molar-refractivity contribution is 5.62. The lowest BCUT2D eigenvalue weighted by Gasteiger charge is -2.00. The number of hydrogen-bond donors (Lipinski definition) is 0. The van der Waals surface area contributed by atoms with Gasteiger partial charge in [0.1, 0.15) is 5.76 Å². The molecule has 0 fully saturated rings. The van der Waals surface area contributed by atoms with Crippen molar-refractivity contribution in [1.29, 1.82) is 0 Å². The van der Waals surface area contributed by atoms with Crippen LogP contribution in [0.4, 0.5) is 0 Å². The first-order valence-electron chi connectivity index (χ1n) is 5.07. The van der Waals surface area contributed by atoms with Gasteiger partial charge in [-0.05, 0) is 17.4 Å². The van der Waals surface area contributed by atoms with Crippen molar-refractivity contribution in [3.05, 3.63) is 70.6 Å². The summed E-state index contributed by atoms with van der Waals surface area (Å²) in [6.07, 6.45) is 9.58. The van der Waals surface area contributed by atoms with Crippen molar-refractivity contribution < 1.29 is 4.42 Å². The van der Waals surface area contributed by atoms with Crippen molar-refractivity contribution in [2.24, 2.45) is 0 Å². The standard InChI is InChI=1S/C15H14O2/c1-5-9-12-11(7-3)14(8-4)17-15(16)13(12)10-6-2/h5-10H,1-4H2/b12-9-,13-10+. The number of allylic oxidation sites excluding steroid dienone is 2. The molecule has 1 aromatic heterocycles. The van der Waals surface area contributed by atoms with E-state index in [4.69, 9.17) is 4.42 Å². The molecule has 1 heterocycles. The zero-order valence-corrected chi connectivity index (χ0v) is 9.61. The summed E-state index contributed by atoms with van der Waals surface area (Å²) in [6.45, 7) is 14.5. The Morgan fingerprint density at radius 2 is 1.47 bits per heavy atom. The van der Waals surface area contributed by atoms with E-state index in [0.29, 0.717) is 21.8 Å². The molecule has 0 amide bonds. The van der Waals surface area contributed by atoms with Crippen molar-refractivity contribution in [1.82, 2.24) is 0 Å². The minimum Gasteiger partial charge on any atom is -0.422 e. The van der Waals surface area contributed by atoms with E-state index >= 15 is 0 Å². The molecule has 1 rings (SSSR count). The zero-order chi connectivity index (χ0) is 12.8. The smallest absolute Gasteiger partial charge is 0.344 e. The molecule has 2 heteroatoms. The van der Waals surface area contributed by atoms with Crippen molar-refractivity contribution >= 4 is 24.3 Å². The van der Waals surface area contributed by atoms with Crippen molar-refractivity contribution in [2.75, 3.05) is 0 Å². The lowest BCUT2D eigenvalue weighted by molar-refractivity contribution is 0.493. The summed E-state index contributed by atoms with van der Waals surface area (Å²) in [4.78, 5) is 11.8. The molecule has 0 bridgehead atoms. The molecular weight excluding hydrogens is 212 g/mol. The number of hydrogen-bond acceptors (Lipinski definition) is 2. The Kier molecular flexibility index (Phi) is 4.23. The highest BCUT2D eigenvalue weighted by Crippen LogP contribution is 2.03. The van der Waals surface area contributed by atoms with Gasteiger partial charge in [-0.15, -0.1) is 0 Å². The normalized spacial score (nSPS) is 12.2. The maximum atomic E-state index is 11.8. The van der Waals surface area contributed by atoms with Gasteiger partial charge in [0.05, 0.1) is 5.22 Å². The monoisotopic (exact) mass is 226 g/mol. The molecule has 0 atom stereocenters. The quantitative estimate of drug-likeness (QED) is 0.784. The molecule has 86 valence electrons. The molecular formula is C15H14O2. The molecule has 17 heavy (non-hydrogen) atoms. The predicted molar refractivity (Wildman–Crippen MR) is 73.7 cm³/mol. The maximum absolute atomic E-state index is 11.8. The van der Waals surface area contributed by atoms with Gasteiger partial charge in [0.25, 0.3) is 0 Å². The molecule has 0 aliphatic rings. The first-order valence-corrected chi connectivity index (χ1v) is 5.07. The Morgan fingerprint density at radius 1 is 0.882 bits per heavy atom. The third-order valence-electron chi connectivity index (χ3n) is 2.23. The average molecular weight is 226 g/mol. The Balaban J connectivity index is 4.08. The predicted octanol–water partition coefficient (Wildman–Crippen LogP) is 1.86. The van der Waals surface area contributed by atoms with Gasteiger partial charge in [-0.25, -0.2) is 4.79 Å². The second-order valence-electron chi connectivity index (χ2n) is 3.21. The summed E-state index contributed by atoms with van der Waals surface area (Å²) >= 11 is 0. The summed E-state index contributed by atoms with van der Waals surface area (Å²) < 4.78 is 5.14. The Hall–Kier alpha value is -2.35. The molecule has 0 radical (unpaired) electrons. The molecule has 1 aromatic rings.